The second-order valence-corrected chi connectivity index (χ2v) is 8.62. The second-order valence-electron chi connectivity index (χ2n) is 8.62. The molecule has 1 heterocycles. The topological polar surface area (TPSA) is 88.2 Å². The van der Waals surface area contributed by atoms with Crippen LogP contribution < -0.4 is 14.8 Å². The van der Waals surface area contributed by atoms with Crippen LogP contribution in [0.15, 0.2) is 48.5 Å². The molecule has 2 aromatic carbocycles. The lowest BCUT2D eigenvalue weighted by Crippen LogP contribution is -2.45. The molecule has 2 fully saturated rings. The maximum Gasteiger partial charge on any atom is 0.573 e. The number of alkyl halides is 3. The third-order valence-corrected chi connectivity index (χ3v) is 6.05. The summed E-state index contributed by atoms with van der Waals surface area (Å²) < 4.78 is 46.3. The van der Waals surface area contributed by atoms with Gasteiger partial charge in [-0.25, -0.2) is 4.79 Å². The molecule has 11 heteroatoms. The highest BCUT2D eigenvalue weighted by Crippen LogP contribution is 2.33. The fourth-order valence-corrected chi connectivity index (χ4v) is 3.99. The highest BCUT2D eigenvalue weighted by Gasteiger charge is 2.50. The van der Waals surface area contributed by atoms with E-state index in [-0.39, 0.29) is 17.5 Å². The first kappa shape index (κ1) is 24.4. The van der Waals surface area contributed by atoms with Crippen molar-refractivity contribution in [3.05, 3.63) is 59.7 Å². The molecule has 186 valence electrons. The summed E-state index contributed by atoms with van der Waals surface area (Å²) in [6.45, 7) is 1.32. The summed E-state index contributed by atoms with van der Waals surface area (Å²) in [5.74, 6) is -0.799. The minimum absolute atomic E-state index is 0.0397. The van der Waals surface area contributed by atoms with E-state index in [1.165, 1.54) is 19.1 Å². The molecule has 0 spiro atoms. The van der Waals surface area contributed by atoms with Crippen LogP contribution in [0.25, 0.3) is 0 Å². The zero-order valence-electron chi connectivity index (χ0n) is 19.1. The second kappa shape index (κ2) is 9.12. The number of benzene rings is 2. The van der Waals surface area contributed by atoms with Gasteiger partial charge >= 0.3 is 12.4 Å². The van der Waals surface area contributed by atoms with E-state index in [1.54, 1.807) is 24.1 Å². The number of rotatable bonds is 8. The minimum Gasteiger partial charge on any atom is -0.497 e. The minimum atomic E-state index is -4.85. The first-order chi connectivity index (χ1) is 16.5. The van der Waals surface area contributed by atoms with E-state index in [0.717, 1.165) is 35.4 Å². The van der Waals surface area contributed by atoms with E-state index in [1.807, 2.05) is 12.1 Å². The summed E-state index contributed by atoms with van der Waals surface area (Å²) in [5, 5.41) is 2.56. The molecule has 1 aliphatic carbocycles. The molecule has 1 N–H and O–H groups in total. The molecule has 0 aromatic heterocycles. The van der Waals surface area contributed by atoms with Crippen LogP contribution in [0.2, 0.25) is 0 Å². The molecule has 1 unspecified atom stereocenters. The molecule has 35 heavy (non-hydrogen) atoms. The predicted octanol–water partition coefficient (Wildman–Crippen LogP) is 3.55. The zero-order valence-corrected chi connectivity index (χ0v) is 19.1. The number of ether oxygens (including phenoxy) is 2. The number of methoxy groups -OCH3 is 1. The quantitative estimate of drug-likeness (QED) is 0.571. The number of carbonyl (C=O) groups excluding carboxylic acids is 3. The fourth-order valence-electron chi connectivity index (χ4n) is 3.99. The molecule has 0 radical (unpaired) electrons. The molecule has 4 amide bonds. The molecule has 8 nitrogen and oxygen atoms in total. The standard InChI is InChI=1S/C24H24F3N3O5/c1-23(16-5-11-19(12-6-16)35-24(25,26)27)21(32)30(22(33)28-23)14-20(31)29(17-7-8-17)13-15-3-9-18(34-2)10-4-15/h3-6,9-12,17H,7-8,13-14H2,1-2H3,(H,28,33). The number of carbonyl (C=O) groups is 3. The summed E-state index contributed by atoms with van der Waals surface area (Å²) in [4.78, 5) is 41.4. The monoisotopic (exact) mass is 491 g/mol. The maximum atomic E-state index is 13.2. The van der Waals surface area contributed by atoms with Gasteiger partial charge in [0.1, 0.15) is 23.6 Å². The Morgan fingerprint density at radius 1 is 1.09 bits per heavy atom. The van der Waals surface area contributed by atoms with Crippen molar-refractivity contribution in [1.82, 2.24) is 15.1 Å². The molecule has 1 aliphatic heterocycles. The van der Waals surface area contributed by atoms with Crippen LogP contribution in [0.5, 0.6) is 11.5 Å². The van der Waals surface area contributed by atoms with Crippen LogP contribution in [-0.4, -0.2) is 53.7 Å². The largest absolute Gasteiger partial charge is 0.573 e. The number of urea groups is 1. The van der Waals surface area contributed by atoms with Gasteiger partial charge in [-0.1, -0.05) is 24.3 Å². The Hall–Kier alpha value is -3.76. The van der Waals surface area contributed by atoms with Crippen LogP contribution in [0, 0.1) is 0 Å². The molecule has 1 atom stereocenters. The number of nitrogens with zero attached hydrogens (tertiary/aromatic N) is 2. The van der Waals surface area contributed by atoms with Crippen molar-refractivity contribution >= 4 is 17.8 Å². The van der Waals surface area contributed by atoms with Crippen molar-refractivity contribution in [2.24, 2.45) is 0 Å². The average molecular weight is 491 g/mol. The van der Waals surface area contributed by atoms with Crippen molar-refractivity contribution in [3.63, 3.8) is 0 Å². The van der Waals surface area contributed by atoms with Gasteiger partial charge in [-0.3, -0.25) is 14.5 Å². The van der Waals surface area contributed by atoms with Crippen molar-refractivity contribution < 1.29 is 37.0 Å². The first-order valence-corrected chi connectivity index (χ1v) is 10.9. The summed E-state index contributed by atoms with van der Waals surface area (Å²) in [5.41, 5.74) is -0.388. The van der Waals surface area contributed by atoms with Gasteiger partial charge in [-0.15, -0.1) is 13.2 Å². The Balaban J connectivity index is 1.46. The molecule has 2 aliphatic rings. The van der Waals surface area contributed by atoms with Gasteiger partial charge in [0.2, 0.25) is 5.91 Å². The van der Waals surface area contributed by atoms with Crippen LogP contribution in [0.4, 0.5) is 18.0 Å². The van der Waals surface area contributed by atoms with E-state index < -0.39 is 36.1 Å². The van der Waals surface area contributed by atoms with Gasteiger partial charge in [0.25, 0.3) is 5.91 Å². The Morgan fingerprint density at radius 2 is 1.69 bits per heavy atom. The van der Waals surface area contributed by atoms with Gasteiger partial charge in [0.15, 0.2) is 0 Å². The summed E-state index contributed by atoms with van der Waals surface area (Å²) in [7, 11) is 1.56. The molecular weight excluding hydrogens is 467 g/mol. The van der Waals surface area contributed by atoms with E-state index in [0.29, 0.717) is 12.3 Å². The number of imide groups is 1. The molecular formula is C24H24F3N3O5. The molecule has 0 bridgehead atoms. The summed E-state index contributed by atoms with van der Waals surface area (Å²) >= 11 is 0. The van der Waals surface area contributed by atoms with Gasteiger partial charge in [-0.2, -0.15) is 0 Å². The number of hydrogen-bond acceptors (Lipinski definition) is 5. The lowest BCUT2D eigenvalue weighted by atomic mass is 9.92. The third-order valence-electron chi connectivity index (χ3n) is 6.05. The van der Waals surface area contributed by atoms with Crippen molar-refractivity contribution in [2.45, 2.75) is 44.3 Å². The van der Waals surface area contributed by atoms with Gasteiger partial charge in [0.05, 0.1) is 7.11 Å². The van der Waals surface area contributed by atoms with Gasteiger partial charge in [-0.05, 0) is 55.2 Å². The van der Waals surface area contributed by atoms with Crippen LogP contribution in [0.1, 0.15) is 30.9 Å². The number of amides is 4. The lowest BCUT2D eigenvalue weighted by Gasteiger charge is -2.26. The smallest absolute Gasteiger partial charge is 0.497 e. The Bertz CT molecular complexity index is 1120. The lowest BCUT2D eigenvalue weighted by molar-refractivity contribution is -0.274. The van der Waals surface area contributed by atoms with Gasteiger partial charge < -0.3 is 19.7 Å². The molecule has 4 rings (SSSR count). The Kier molecular flexibility index (Phi) is 6.35. The summed E-state index contributed by atoms with van der Waals surface area (Å²) in [6.07, 6.45) is -3.17. The Morgan fingerprint density at radius 3 is 2.23 bits per heavy atom. The van der Waals surface area contributed by atoms with E-state index in [4.69, 9.17) is 4.74 Å². The zero-order chi connectivity index (χ0) is 25.4. The third kappa shape index (κ3) is 5.33. The van der Waals surface area contributed by atoms with E-state index >= 15 is 0 Å². The van der Waals surface area contributed by atoms with Crippen molar-refractivity contribution in [1.29, 1.82) is 0 Å². The molecule has 2 aromatic rings. The summed E-state index contributed by atoms with van der Waals surface area (Å²) in [6, 6.07) is 11.2. The normalized spacial score (nSPS) is 20.0. The number of halogens is 3. The first-order valence-electron chi connectivity index (χ1n) is 10.9. The van der Waals surface area contributed by atoms with Crippen LogP contribution >= 0.6 is 0 Å². The Labute approximate surface area is 199 Å². The fraction of sp³-hybridized carbons (Fsp3) is 0.375. The van der Waals surface area contributed by atoms with Crippen molar-refractivity contribution in [2.75, 3.05) is 13.7 Å². The van der Waals surface area contributed by atoms with E-state index in [9.17, 15) is 27.6 Å². The SMILES string of the molecule is COc1ccc(CN(C(=O)CN2C(=O)NC(C)(c3ccc(OC(F)(F)F)cc3)C2=O)C2CC2)cc1. The number of nitrogens with one attached hydrogen (secondary N) is 1. The van der Waals surface area contributed by atoms with Crippen LogP contribution in [0.3, 0.4) is 0 Å². The number of hydrogen-bond donors (Lipinski definition) is 1. The highest BCUT2D eigenvalue weighted by molar-refractivity contribution is 6.09. The maximum absolute atomic E-state index is 13.2. The average Bonchev–Trinajstić information content (AvgIpc) is 3.62. The highest BCUT2D eigenvalue weighted by atomic mass is 19.4. The van der Waals surface area contributed by atoms with Crippen molar-refractivity contribution in [3.8, 4) is 11.5 Å². The van der Waals surface area contributed by atoms with Gasteiger partial charge in [0, 0.05) is 12.6 Å². The van der Waals surface area contributed by atoms with Crippen LogP contribution in [-0.2, 0) is 21.7 Å². The predicted molar refractivity (Wildman–Crippen MR) is 117 cm³/mol. The van der Waals surface area contributed by atoms with E-state index in [2.05, 4.69) is 10.1 Å². The molecule has 1 saturated carbocycles. The molecule has 1 saturated heterocycles.